The average molecular weight is 365 g/mol. The second-order valence-electron chi connectivity index (χ2n) is 6.73. The molecule has 2 aromatic rings. The van der Waals surface area contributed by atoms with Gasteiger partial charge in [0, 0.05) is 42.9 Å². The summed E-state index contributed by atoms with van der Waals surface area (Å²) in [7, 11) is 0. The lowest BCUT2D eigenvalue weighted by Crippen LogP contribution is -2.44. The summed E-state index contributed by atoms with van der Waals surface area (Å²) >= 11 is 0. The van der Waals surface area contributed by atoms with Crippen molar-refractivity contribution in [2.45, 2.75) is 25.3 Å². The predicted molar refractivity (Wildman–Crippen MR) is 100 cm³/mol. The Labute approximate surface area is 156 Å². The van der Waals surface area contributed by atoms with Crippen molar-refractivity contribution in [3.8, 4) is 0 Å². The van der Waals surface area contributed by atoms with Gasteiger partial charge in [0.25, 0.3) is 0 Å². The number of allylic oxidation sites excluding steroid dienone is 1. The van der Waals surface area contributed by atoms with Gasteiger partial charge in [-0.3, -0.25) is 9.78 Å². The summed E-state index contributed by atoms with van der Waals surface area (Å²) in [5.41, 5.74) is 3.38. The van der Waals surface area contributed by atoms with Crippen molar-refractivity contribution in [3.05, 3.63) is 66.2 Å². The fourth-order valence-corrected chi connectivity index (χ4v) is 3.71. The van der Waals surface area contributed by atoms with Gasteiger partial charge < -0.3 is 10.2 Å². The van der Waals surface area contributed by atoms with Crippen LogP contribution in [0.25, 0.3) is 5.57 Å². The van der Waals surface area contributed by atoms with Crippen LogP contribution in [-0.4, -0.2) is 44.9 Å². The normalized spacial score (nSPS) is 18.6. The maximum atomic E-state index is 13.6. The number of hydrogen-bond donors (Lipinski definition) is 1. The maximum Gasteiger partial charge on any atom is 0.246 e. The van der Waals surface area contributed by atoms with Gasteiger partial charge in [-0.25, -0.2) is 14.4 Å². The molecule has 2 aliphatic rings. The minimum Gasteiger partial charge on any atom is -0.365 e. The molecule has 1 saturated heterocycles. The van der Waals surface area contributed by atoms with Crippen LogP contribution in [0.4, 0.5) is 10.2 Å². The number of carbonyl (C=O) groups is 1. The maximum absolute atomic E-state index is 13.6. The highest BCUT2D eigenvalue weighted by Gasteiger charge is 2.26. The SMILES string of the molecule is C=CC(=O)N1CCC[C@@H](Nc2ncnc3c2C(c2cncc(F)c2)=CC3)C1. The lowest BCUT2D eigenvalue weighted by atomic mass is 10.0. The van der Waals surface area contributed by atoms with Crippen LogP contribution < -0.4 is 5.32 Å². The summed E-state index contributed by atoms with van der Waals surface area (Å²) in [5, 5.41) is 3.47. The number of hydrogen-bond acceptors (Lipinski definition) is 5. The Morgan fingerprint density at radius 1 is 1.37 bits per heavy atom. The predicted octanol–water partition coefficient (Wildman–Crippen LogP) is 2.59. The number of halogens is 1. The van der Waals surface area contributed by atoms with E-state index in [4.69, 9.17) is 0 Å². The zero-order valence-corrected chi connectivity index (χ0v) is 14.9. The molecule has 0 bridgehead atoms. The summed E-state index contributed by atoms with van der Waals surface area (Å²) < 4.78 is 13.6. The molecule has 7 heteroatoms. The van der Waals surface area contributed by atoms with Gasteiger partial charge >= 0.3 is 0 Å². The smallest absolute Gasteiger partial charge is 0.246 e. The van der Waals surface area contributed by atoms with E-state index in [2.05, 4.69) is 26.8 Å². The number of nitrogens with zero attached hydrogens (tertiary/aromatic N) is 4. The van der Waals surface area contributed by atoms with Gasteiger partial charge in [-0.15, -0.1) is 0 Å². The average Bonchev–Trinajstić information content (AvgIpc) is 3.13. The van der Waals surface area contributed by atoms with E-state index in [1.165, 1.54) is 24.7 Å². The molecule has 0 spiro atoms. The van der Waals surface area contributed by atoms with Gasteiger partial charge in [-0.05, 0) is 30.6 Å². The quantitative estimate of drug-likeness (QED) is 0.844. The number of aromatic nitrogens is 3. The monoisotopic (exact) mass is 365 g/mol. The fraction of sp³-hybridized carbons (Fsp3) is 0.300. The van der Waals surface area contributed by atoms with E-state index >= 15 is 0 Å². The van der Waals surface area contributed by atoms with E-state index in [-0.39, 0.29) is 17.8 Å². The van der Waals surface area contributed by atoms with Crippen molar-refractivity contribution in [1.29, 1.82) is 0 Å². The molecular formula is C20H20FN5O. The summed E-state index contributed by atoms with van der Waals surface area (Å²) in [6.45, 7) is 4.91. The Hall–Kier alpha value is -3.09. The first-order valence-corrected chi connectivity index (χ1v) is 8.99. The van der Waals surface area contributed by atoms with Crippen molar-refractivity contribution in [2.24, 2.45) is 0 Å². The van der Waals surface area contributed by atoms with Crippen LogP contribution in [0.1, 0.15) is 29.7 Å². The number of nitrogens with one attached hydrogen (secondary N) is 1. The van der Waals surface area contributed by atoms with Crippen LogP contribution in [0.2, 0.25) is 0 Å². The molecule has 1 aliphatic heterocycles. The van der Waals surface area contributed by atoms with Gasteiger partial charge in [-0.2, -0.15) is 0 Å². The molecule has 27 heavy (non-hydrogen) atoms. The summed E-state index contributed by atoms with van der Waals surface area (Å²) in [6, 6.07) is 1.56. The largest absolute Gasteiger partial charge is 0.365 e. The minimum absolute atomic E-state index is 0.0548. The van der Waals surface area contributed by atoms with Crippen molar-refractivity contribution in [2.75, 3.05) is 18.4 Å². The van der Waals surface area contributed by atoms with Gasteiger partial charge in [0.1, 0.15) is 18.0 Å². The third-order valence-electron chi connectivity index (χ3n) is 4.96. The minimum atomic E-state index is -0.376. The molecule has 1 aliphatic carbocycles. The summed E-state index contributed by atoms with van der Waals surface area (Å²) in [5.74, 6) is 0.283. The molecule has 3 heterocycles. The Bertz CT molecular complexity index is 926. The van der Waals surface area contributed by atoms with Gasteiger partial charge in [0.2, 0.25) is 5.91 Å². The highest BCUT2D eigenvalue weighted by atomic mass is 19.1. The van der Waals surface area contributed by atoms with E-state index in [1.807, 2.05) is 6.08 Å². The van der Waals surface area contributed by atoms with E-state index in [9.17, 15) is 9.18 Å². The first kappa shape index (κ1) is 17.3. The lowest BCUT2D eigenvalue weighted by molar-refractivity contribution is -0.127. The Morgan fingerprint density at radius 2 is 2.26 bits per heavy atom. The standard InChI is InChI=1S/C20H20FN5O/c1-2-18(27)26-7-3-4-15(11-26)25-20-19-16(5-6-17(19)23-12-24-20)13-8-14(21)10-22-9-13/h2,5,8-10,12,15H,1,3-4,6-7,11H2,(H,23,24,25)/t15-/m1/s1. The second-order valence-corrected chi connectivity index (χ2v) is 6.73. The molecule has 138 valence electrons. The first-order chi connectivity index (χ1) is 13.2. The van der Waals surface area contributed by atoms with Crippen LogP contribution in [0.15, 0.2) is 43.5 Å². The van der Waals surface area contributed by atoms with Crippen LogP contribution in [0, 0.1) is 5.82 Å². The topological polar surface area (TPSA) is 71.0 Å². The summed E-state index contributed by atoms with van der Waals surface area (Å²) in [6.07, 6.45) is 10.3. The van der Waals surface area contributed by atoms with Crippen LogP contribution in [0.3, 0.4) is 0 Å². The molecule has 1 fully saturated rings. The van der Waals surface area contributed by atoms with Crippen LogP contribution in [-0.2, 0) is 11.2 Å². The van der Waals surface area contributed by atoms with E-state index < -0.39 is 0 Å². The number of likely N-dealkylation sites (tertiary alicyclic amines) is 1. The molecule has 1 amide bonds. The van der Waals surface area contributed by atoms with Crippen molar-refractivity contribution in [3.63, 3.8) is 0 Å². The molecule has 1 atom stereocenters. The molecule has 1 N–H and O–H groups in total. The molecule has 0 unspecified atom stereocenters. The molecule has 0 radical (unpaired) electrons. The van der Waals surface area contributed by atoms with Gasteiger partial charge in [0.05, 0.1) is 11.9 Å². The number of rotatable bonds is 4. The lowest BCUT2D eigenvalue weighted by Gasteiger charge is -2.33. The van der Waals surface area contributed by atoms with E-state index in [0.29, 0.717) is 24.3 Å². The molecule has 4 rings (SSSR count). The highest BCUT2D eigenvalue weighted by molar-refractivity contribution is 5.89. The van der Waals surface area contributed by atoms with E-state index in [1.54, 1.807) is 11.1 Å². The molecule has 0 aromatic carbocycles. The van der Waals surface area contributed by atoms with Crippen molar-refractivity contribution >= 4 is 17.3 Å². The molecule has 0 saturated carbocycles. The number of piperidine rings is 1. The third-order valence-corrected chi connectivity index (χ3v) is 4.96. The number of anilines is 1. The molecule has 2 aromatic heterocycles. The second kappa shape index (κ2) is 7.26. The van der Waals surface area contributed by atoms with Crippen LogP contribution >= 0.6 is 0 Å². The van der Waals surface area contributed by atoms with E-state index in [0.717, 1.165) is 36.2 Å². The van der Waals surface area contributed by atoms with Crippen molar-refractivity contribution < 1.29 is 9.18 Å². The first-order valence-electron chi connectivity index (χ1n) is 8.99. The Balaban J connectivity index is 1.61. The fourth-order valence-electron chi connectivity index (χ4n) is 3.71. The van der Waals surface area contributed by atoms with Gasteiger partial charge in [-0.1, -0.05) is 12.7 Å². The zero-order chi connectivity index (χ0) is 18.8. The Kier molecular flexibility index (Phi) is 4.66. The molecular weight excluding hydrogens is 345 g/mol. The number of pyridine rings is 1. The Morgan fingerprint density at radius 3 is 3.07 bits per heavy atom. The highest BCUT2D eigenvalue weighted by Crippen LogP contribution is 2.36. The summed E-state index contributed by atoms with van der Waals surface area (Å²) in [4.78, 5) is 26.5. The van der Waals surface area contributed by atoms with Gasteiger partial charge in [0.15, 0.2) is 0 Å². The van der Waals surface area contributed by atoms with Crippen molar-refractivity contribution in [1.82, 2.24) is 19.9 Å². The number of fused-ring (bicyclic) bond motifs is 1. The number of amides is 1. The number of carbonyl (C=O) groups excluding carboxylic acids is 1. The van der Waals surface area contributed by atoms with Crippen LogP contribution in [0.5, 0.6) is 0 Å². The molecule has 6 nitrogen and oxygen atoms in total. The third kappa shape index (κ3) is 3.45. The zero-order valence-electron chi connectivity index (χ0n) is 14.9.